The third kappa shape index (κ3) is 2.14. The second-order valence-corrected chi connectivity index (χ2v) is 5.44. The van der Waals surface area contributed by atoms with Crippen LogP contribution in [0.1, 0.15) is 22.3 Å². The zero-order valence-corrected chi connectivity index (χ0v) is 12.4. The van der Waals surface area contributed by atoms with Gasteiger partial charge in [-0.2, -0.15) is 0 Å². The highest BCUT2D eigenvalue weighted by Gasteiger charge is 2.64. The van der Waals surface area contributed by atoms with E-state index in [1.54, 1.807) is 0 Å². The van der Waals surface area contributed by atoms with Crippen molar-refractivity contribution < 1.29 is 14.3 Å². The van der Waals surface area contributed by atoms with Crippen molar-refractivity contribution in [3.63, 3.8) is 0 Å². The summed E-state index contributed by atoms with van der Waals surface area (Å²) in [6, 6.07) is 16.0. The van der Waals surface area contributed by atoms with Gasteiger partial charge in [-0.05, 0) is 30.5 Å². The minimum absolute atomic E-state index is 0.334. The summed E-state index contributed by atoms with van der Waals surface area (Å²) < 4.78 is 10.7. The summed E-state index contributed by atoms with van der Waals surface area (Å²) in [7, 11) is 1.39. The van der Waals surface area contributed by atoms with Gasteiger partial charge in [-0.15, -0.1) is 0 Å². The lowest BCUT2D eigenvalue weighted by Crippen LogP contribution is -2.22. The summed E-state index contributed by atoms with van der Waals surface area (Å²) in [4.78, 5) is 12.0. The molecular formula is C18H18O3. The van der Waals surface area contributed by atoms with Crippen LogP contribution >= 0.6 is 0 Å². The van der Waals surface area contributed by atoms with E-state index in [1.165, 1.54) is 12.7 Å². The molecule has 0 aromatic heterocycles. The summed E-state index contributed by atoms with van der Waals surface area (Å²) in [6.45, 7) is 4.10. The minimum atomic E-state index is -0.716. The number of aryl methyl sites for hydroxylation is 2. The van der Waals surface area contributed by atoms with Crippen LogP contribution in [0.25, 0.3) is 0 Å². The van der Waals surface area contributed by atoms with E-state index in [-0.39, 0.29) is 5.97 Å². The van der Waals surface area contributed by atoms with Gasteiger partial charge < -0.3 is 9.47 Å². The van der Waals surface area contributed by atoms with Crippen LogP contribution in [0.5, 0.6) is 0 Å². The quantitative estimate of drug-likeness (QED) is 0.641. The third-order valence-electron chi connectivity index (χ3n) is 4.02. The fraction of sp³-hybridized carbons (Fsp3) is 0.278. The molecule has 0 spiro atoms. The normalized spacial score (nSPS) is 23.7. The van der Waals surface area contributed by atoms with Crippen molar-refractivity contribution in [1.29, 1.82) is 0 Å². The van der Waals surface area contributed by atoms with Crippen LogP contribution in [0.2, 0.25) is 0 Å². The number of methoxy groups -OCH3 is 1. The van der Waals surface area contributed by atoms with Crippen LogP contribution in [0.15, 0.2) is 48.5 Å². The maximum atomic E-state index is 12.0. The number of carbonyl (C=O) groups excluding carboxylic acids is 1. The van der Waals surface area contributed by atoms with Gasteiger partial charge in [0.25, 0.3) is 0 Å². The van der Waals surface area contributed by atoms with Gasteiger partial charge in [-0.1, -0.05) is 54.1 Å². The molecule has 0 bridgehead atoms. The molecular weight excluding hydrogens is 264 g/mol. The number of esters is 1. The van der Waals surface area contributed by atoms with Crippen LogP contribution in [0.3, 0.4) is 0 Å². The molecule has 0 N–H and O–H groups in total. The zero-order valence-electron chi connectivity index (χ0n) is 12.4. The molecule has 1 aliphatic rings. The summed E-state index contributed by atoms with van der Waals surface area (Å²) in [5.74, 6) is -0.334. The smallest absolute Gasteiger partial charge is 0.338 e. The molecule has 2 aromatic carbocycles. The Hall–Kier alpha value is -2.13. The van der Waals surface area contributed by atoms with Crippen LogP contribution in [-0.2, 0) is 19.9 Å². The van der Waals surface area contributed by atoms with Gasteiger partial charge in [0.2, 0.25) is 0 Å². The molecule has 1 fully saturated rings. The monoisotopic (exact) mass is 282 g/mol. The molecule has 2 aromatic rings. The van der Waals surface area contributed by atoms with Crippen LogP contribution in [0, 0.1) is 13.8 Å². The Balaban J connectivity index is 2.13. The van der Waals surface area contributed by atoms with E-state index in [1.807, 2.05) is 49.4 Å². The van der Waals surface area contributed by atoms with Crippen molar-refractivity contribution >= 4 is 5.97 Å². The van der Waals surface area contributed by atoms with Crippen molar-refractivity contribution in [2.75, 3.05) is 7.11 Å². The molecule has 21 heavy (non-hydrogen) atoms. The summed E-state index contributed by atoms with van der Waals surface area (Å²) in [6.07, 6.45) is -0.577. The molecule has 1 heterocycles. The predicted octanol–water partition coefficient (Wildman–Crippen LogP) is 3.12. The maximum Gasteiger partial charge on any atom is 0.338 e. The van der Waals surface area contributed by atoms with Gasteiger partial charge in [0.15, 0.2) is 11.7 Å². The fourth-order valence-electron chi connectivity index (χ4n) is 2.97. The lowest BCUT2D eigenvalue weighted by Gasteiger charge is -2.17. The van der Waals surface area contributed by atoms with Gasteiger partial charge in [0, 0.05) is 0 Å². The highest BCUT2D eigenvalue weighted by Crippen LogP contribution is 2.53. The second kappa shape index (κ2) is 5.01. The molecule has 0 unspecified atom stereocenters. The first-order chi connectivity index (χ1) is 10.1. The number of benzene rings is 2. The van der Waals surface area contributed by atoms with Gasteiger partial charge in [-0.3, -0.25) is 0 Å². The predicted molar refractivity (Wildman–Crippen MR) is 80.0 cm³/mol. The number of hydrogen-bond donors (Lipinski definition) is 0. The SMILES string of the molecule is COC(=O)[C@@H]1O[C@]1(c1ccccc1)c1ccc(C)cc1C. The van der Waals surface area contributed by atoms with Crippen LogP contribution in [-0.4, -0.2) is 19.2 Å². The maximum absolute atomic E-state index is 12.0. The first-order valence-electron chi connectivity index (χ1n) is 6.98. The molecule has 1 saturated heterocycles. The van der Waals surface area contributed by atoms with Crippen molar-refractivity contribution in [3.8, 4) is 0 Å². The number of epoxide rings is 1. The van der Waals surface area contributed by atoms with E-state index < -0.39 is 11.7 Å². The minimum Gasteiger partial charge on any atom is -0.467 e. The molecule has 108 valence electrons. The van der Waals surface area contributed by atoms with E-state index >= 15 is 0 Å². The zero-order chi connectivity index (χ0) is 15.0. The highest BCUT2D eigenvalue weighted by atomic mass is 16.7. The molecule has 0 radical (unpaired) electrons. The molecule has 1 aliphatic heterocycles. The number of rotatable bonds is 3. The second-order valence-electron chi connectivity index (χ2n) is 5.44. The lowest BCUT2D eigenvalue weighted by atomic mass is 9.85. The standard InChI is InChI=1S/C18H18O3/c1-12-9-10-15(13(2)11-12)18(14-7-5-4-6-8-14)16(21-18)17(19)20-3/h4-11,16H,1-3H3/t16-,18+/m0/s1. The van der Waals surface area contributed by atoms with Crippen LogP contribution in [0.4, 0.5) is 0 Å². The molecule has 0 aliphatic carbocycles. The van der Waals surface area contributed by atoms with Gasteiger partial charge in [-0.25, -0.2) is 4.79 Å². The summed E-state index contributed by atoms with van der Waals surface area (Å²) in [5, 5.41) is 0. The Morgan fingerprint density at radius 1 is 1.14 bits per heavy atom. The Morgan fingerprint density at radius 2 is 1.86 bits per heavy atom. The van der Waals surface area contributed by atoms with Gasteiger partial charge in [0.05, 0.1) is 7.11 Å². The number of carbonyl (C=O) groups is 1. The average molecular weight is 282 g/mol. The van der Waals surface area contributed by atoms with Gasteiger partial charge in [0.1, 0.15) is 0 Å². The molecule has 3 heteroatoms. The van der Waals surface area contributed by atoms with E-state index in [0.717, 1.165) is 16.7 Å². The summed E-state index contributed by atoms with van der Waals surface area (Å²) >= 11 is 0. The van der Waals surface area contributed by atoms with Crippen molar-refractivity contribution in [3.05, 3.63) is 70.8 Å². The Kier molecular flexibility index (Phi) is 3.30. The topological polar surface area (TPSA) is 38.8 Å². The first kappa shape index (κ1) is 13.8. The Labute approximate surface area is 124 Å². The molecule has 3 nitrogen and oxygen atoms in total. The Bertz CT molecular complexity index is 678. The summed E-state index contributed by atoms with van der Waals surface area (Å²) in [5.41, 5.74) is 3.59. The molecule has 0 saturated carbocycles. The number of ether oxygens (including phenoxy) is 2. The average Bonchev–Trinajstić information content (AvgIpc) is 3.24. The van der Waals surface area contributed by atoms with Crippen molar-refractivity contribution in [1.82, 2.24) is 0 Å². The molecule has 2 atom stereocenters. The van der Waals surface area contributed by atoms with E-state index in [2.05, 4.69) is 13.0 Å². The fourth-order valence-corrected chi connectivity index (χ4v) is 2.97. The van der Waals surface area contributed by atoms with Crippen molar-refractivity contribution in [2.24, 2.45) is 0 Å². The highest BCUT2D eigenvalue weighted by molar-refractivity contribution is 5.81. The van der Waals surface area contributed by atoms with Crippen molar-refractivity contribution in [2.45, 2.75) is 25.6 Å². The lowest BCUT2D eigenvalue weighted by molar-refractivity contribution is -0.142. The first-order valence-corrected chi connectivity index (χ1v) is 6.98. The third-order valence-corrected chi connectivity index (χ3v) is 4.02. The largest absolute Gasteiger partial charge is 0.467 e. The van der Waals surface area contributed by atoms with Gasteiger partial charge >= 0.3 is 5.97 Å². The van der Waals surface area contributed by atoms with E-state index in [4.69, 9.17) is 9.47 Å². The van der Waals surface area contributed by atoms with Crippen LogP contribution < -0.4 is 0 Å². The molecule has 3 rings (SSSR count). The van der Waals surface area contributed by atoms with E-state index in [0.29, 0.717) is 0 Å². The Morgan fingerprint density at radius 3 is 2.48 bits per heavy atom. The molecule has 0 amide bonds. The van der Waals surface area contributed by atoms with E-state index in [9.17, 15) is 4.79 Å². The number of hydrogen-bond acceptors (Lipinski definition) is 3.